The molecule has 72 heavy (non-hydrogen) atoms. The van der Waals surface area contributed by atoms with Gasteiger partial charge in [-0.3, -0.25) is 19.8 Å². The molecule has 17 heteroatoms. The number of nitrogens with zero attached hydrogens (tertiary/aromatic N) is 5. The number of sulfonamides is 1. The molecule has 2 aromatic heterocycles. The average molecular weight is 1000 g/mol. The number of amides is 1. The molecule has 2 aliphatic carbocycles. The van der Waals surface area contributed by atoms with Gasteiger partial charge in [0.15, 0.2) is 0 Å². The van der Waals surface area contributed by atoms with Crippen molar-refractivity contribution in [3.8, 4) is 5.88 Å². The predicted molar refractivity (Wildman–Crippen MR) is 278 cm³/mol. The Morgan fingerprint density at radius 3 is 2.54 bits per heavy atom. The summed E-state index contributed by atoms with van der Waals surface area (Å²) in [5.41, 5.74) is 5.18. The number of H-pyrrole nitrogens is 1. The third-order valence-electron chi connectivity index (χ3n) is 17.1. The highest BCUT2D eigenvalue weighted by atomic mass is 32.2. The van der Waals surface area contributed by atoms with Gasteiger partial charge in [0.25, 0.3) is 21.6 Å². The summed E-state index contributed by atoms with van der Waals surface area (Å²) in [5, 5.41) is 26.8. The molecule has 6 heterocycles. The van der Waals surface area contributed by atoms with Gasteiger partial charge in [-0.2, -0.15) is 4.98 Å². The van der Waals surface area contributed by atoms with Crippen LogP contribution in [-0.4, -0.2) is 103 Å². The number of nitrogens with one attached hydrogen (secondary N) is 3. The molecule has 3 atom stereocenters. The fourth-order valence-electron chi connectivity index (χ4n) is 12.9. The molecular weight excluding hydrogens is 933 g/mol. The summed E-state index contributed by atoms with van der Waals surface area (Å²) in [4.78, 5) is 41.4. The van der Waals surface area contributed by atoms with Crippen molar-refractivity contribution in [3.63, 3.8) is 0 Å². The van der Waals surface area contributed by atoms with Crippen LogP contribution in [0.4, 0.5) is 28.4 Å². The summed E-state index contributed by atoms with van der Waals surface area (Å²) in [7, 11) is -4.61. The first kappa shape index (κ1) is 48.5. The minimum atomic E-state index is -4.61. The largest absolute Gasteiger partial charge is 0.470 e. The Labute approximate surface area is 422 Å². The number of piperidine rings is 1. The summed E-state index contributed by atoms with van der Waals surface area (Å²) in [6.45, 7) is 11.1. The smallest absolute Gasteiger partial charge is 0.293 e. The van der Waals surface area contributed by atoms with E-state index in [-0.39, 0.29) is 34.6 Å². The van der Waals surface area contributed by atoms with Crippen molar-refractivity contribution in [2.75, 3.05) is 61.1 Å². The average Bonchev–Trinajstić information content (AvgIpc) is 4.01. The second-order valence-electron chi connectivity index (χ2n) is 22.2. The number of anilines is 4. The van der Waals surface area contributed by atoms with Gasteiger partial charge in [-0.15, -0.1) is 0 Å². The number of ether oxygens (including phenoxy) is 2. The number of hydrogen-bond donors (Lipinski definition) is 4. The van der Waals surface area contributed by atoms with E-state index in [1.54, 1.807) is 6.07 Å². The zero-order chi connectivity index (χ0) is 49.9. The van der Waals surface area contributed by atoms with Gasteiger partial charge in [0.2, 0.25) is 5.88 Å². The van der Waals surface area contributed by atoms with Gasteiger partial charge >= 0.3 is 0 Å². The lowest BCUT2D eigenvalue weighted by molar-refractivity contribution is -0.384. The Bertz CT molecular complexity index is 2950. The summed E-state index contributed by atoms with van der Waals surface area (Å²) < 4.78 is 43.2. The number of carbonyl (C=O) groups is 1. The van der Waals surface area contributed by atoms with E-state index in [2.05, 4.69) is 67.8 Å². The molecule has 0 unspecified atom stereocenters. The number of benzene rings is 3. The molecule has 3 saturated heterocycles. The number of rotatable bonds is 12. The highest BCUT2D eigenvalue weighted by molar-refractivity contribution is 7.90. The van der Waals surface area contributed by atoms with Crippen LogP contribution in [0.1, 0.15) is 125 Å². The van der Waals surface area contributed by atoms with Crippen LogP contribution >= 0.6 is 0 Å². The molecule has 5 aromatic rings. The maximum atomic E-state index is 14.7. The van der Waals surface area contributed by atoms with Crippen molar-refractivity contribution >= 4 is 55.4 Å². The first-order valence-corrected chi connectivity index (χ1v) is 27.7. The fraction of sp³-hybridized carbons (Fsp3) is 0.527. The molecule has 5 fully saturated rings. The molecule has 1 amide bonds. The quantitative estimate of drug-likeness (QED) is 0.0682. The zero-order valence-electron chi connectivity index (χ0n) is 41.6. The summed E-state index contributed by atoms with van der Waals surface area (Å²) in [5.74, 6) is 0.213. The maximum Gasteiger partial charge on any atom is 0.293 e. The van der Waals surface area contributed by atoms with E-state index in [0.29, 0.717) is 86.5 Å². The molecule has 6 aliphatic rings. The number of hydrogen-bond acceptors (Lipinski definition) is 13. The van der Waals surface area contributed by atoms with E-state index < -0.39 is 37.0 Å². The highest BCUT2D eigenvalue weighted by Crippen LogP contribution is 2.55. The number of carbonyl (C=O) groups excluding carboxylic acids is 1. The molecular formula is C55H68N8O8S. The number of aromatic amines is 1. The standard InChI is InChI=1S/C55H68N8O8S/c1-35(2)42-7-4-5-8-43(42)46-9-6-23-61(46)40-30-55(31-40)20-24-60(25-21-55)39-10-12-44(47(28-39)62-33-38-17-26-70-34-50(38)71-53-49(62)27-37-16-22-56-51(37)58-53)52(64)59-72(68,69)41-11-13-45(48(29-41)63(66)67)57-32-36-14-18-54(3,65)19-15-36/h4-5,7-8,10-13,16,22,27-29,35-36,38,40,46,50,57,65H,6,9,14-15,17-21,23-26,30-34H2,1-3H3,(H,56,58)(H,59,64)/t36?,38-,46-,50+,54?/m0/s1. The van der Waals surface area contributed by atoms with Crippen molar-refractivity contribution in [2.45, 2.75) is 126 Å². The number of fused-ring (bicyclic) bond motifs is 3. The molecule has 2 saturated carbocycles. The lowest BCUT2D eigenvalue weighted by Crippen LogP contribution is -2.55. The maximum absolute atomic E-state index is 14.7. The van der Waals surface area contributed by atoms with E-state index >= 15 is 0 Å². The monoisotopic (exact) mass is 1000 g/mol. The van der Waals surface area contributed by atoms with Crippen LogP contribution < -0.4 is 24.6 Å². The van der Waals surface area contributed by atoms with Crippen LogP contribution in [-0.2, 0) is 14.8 Å². The van der Waals surface area contributed by atoms with Gasteiger partial charge < -0.3 is 34.7 Å². The van der Waals surface area contributed by atoms with Crippen LogP contribution in [0, 0.1) is 27.4 Å². The van der Waals surface area contributed by atoms with E-state index in [4.69, 9.17) is 14.5 Å². The Hall–Kier alpha value is -5.75. The van der Waals surface area contributed by atoms with Crippen LogP contribution in [0.3, 0.4) is 0 Å². The van der Waals surface area contributed by atoms with Gasteiger partial charge in [-0.05, 0) is 155 Å². The molecule has 382 valence electrons. The van der Waals surface area contributed by atoms with Gasteiger partial charge in [0.05, 0.1) is 33.3 Å². The molecule has 0 radical (unpaired) electrons. The van der Waals surface area contributed by atoms with Crippen molar-refractivity contribution in [3.05, 3.63) is 106 Å². The van der Waals surface area contributed by atoms with Crippen LogP contribution in [0.25, 0.3) is 11.0 Å². The second kappa shape index (κ2) is 19.3. The Kier molecular flexibility index (Phi) is 13.0. The van der Waals surface area contributed by atoms with E-state index in [0.717, 1.165) is 62.5 Å². The van der Waals surface area contributed by atoms with E-state index in [9.17, 15) is 28.4 Å². The minimum absolute atomic E-state index is 0.00530. The normalized spacial score (nSPS) is 25.6. The van der Waals surface area contributed by atoms with Crippen molar-refractivity contribution in [1.29, 1.82) is 0 Å². The fourth-order valence-corrected chi connectivity index (χ4v) is 13.8. The van der Waals surface area contributed by atoms with Crippen molar-refractivity contribution < 1.29 is 32.7 Å². The molecule has 4 N–H and O–H groups in total. The van der Waals surface area contributed by atoms with Crippen LogP contribution in [0.15, 0.2) is 83.9 Å². The molecule has 16 nitrogen and oxygen atoms in total. The summed E-state index contributed by atoms with van der Waals surface area (Å²) in [6.07, 6.45) is 12.0. The van der Waals surface area contributed by atoms with Gasteiger partial charge in [0, 0.05) is 74.1 Å². The summed E-state index contributed by atoms with van der Waals surface area (Å²) in [6, 6.07) is 23.3. The third kappa shape index (κ3) is 9.53. The Morgan fingerprint density at radius 1 is 0.972 bits per heavy atom. The number of nitro groups is 1. The Balaban J connectivity index is 0.865. The number of pyridine rings is 1. The van der Waals surface area contributed by atoms with Gasteiger partial charge in [-0.25, -0.2) is 13.1 Å². The Morgan fingerprint density at radius 2 is 1.76 bits per heavy atom. The second-order valence-corrected chi connectivity index (χ2v) is 23.9. The van der Waals surface area contributed by atoms with Crippen molar-refractivity contribution in [1.82, 2.24) is 19.6 Å². The first-order valence-electron chi connectivity index (χ1n) is 26.2. The van der Waals surface area contributed by atoms with Crippen molar-refractivity contribution in [2.24, 2.45) is 17.3 Å². The lowest BCUT2D eigenvalue weighted by Gasteiger charge is -2.56. The summed E-state index contributed by atoms with van der Waals surface area (Å²) >= 11 is 0. The molecule has 0 bridgehead atoms. The third-order valence-corrected chi connectivity index (χ3v) is 18.5. The molecule has 1 spiro atoms. The van der Waals surface area contributed by atoms with E-state index in [1.807, 2.05) is 37.4 Å². The first-order chi connectivity index (χ1) is 34.6. The number of nitro benzene ring substituents is 1. The number of aromatic nitrogens is 2. The molecule has 4 aliphatic heterocycles. The number of aliphatic hydroxyl groups is 1. The highest BCUT2D eigenvalue weighted by Gasteiger charge is 2.50. The van der Waals surface area contributed by atoms with Crippen LogP contribution in [0.2, 0.25) is 0 Å². The zero-order valence-corrected chi connectivity index (χ0v) is 42.5. The van der Waals surface area contributed by atoms with Crippen LogP contribution in [0.5, 0.6) is 5.88 Å². The SMILES string of the molecule is CC(C)c1ccccc1[C@@H]1CCCN1C1CC2(CCN(c3ccc(C(=O)NS(=O)(=O)c4ccc(NCC5CCC(C)(O)CC5)c([N+](=O)[O-])c4)c(N4C[C@@H]5CCOC[C@H]5Oc5nc6[nH]ccc6cc54)c3)CC2)C1. The topological polar surface area (TPSA) is 195 Å². The van der Waals surface area contributed by atoms with Gasteiger partial charge in [0.1, 0.15) is 23.1 Å². The van der Waals surface area contributed by atoms with Gasteiger partial charge in [-0.1, -0.05) is 38.1 Å². The lowest BCUT2D eigenvalue weighted by atomic mass is 9.59. The predicted octanol–water partition coefficient (Wildman–Crippen LogP) is 9.59. The molecule has 3 aromatic carbocycles. The number of likely N-dealkylation sites (tertiary alicyclic amines) is 1. The minimum Gasteiger partial charge on any atom is -0.470 e. The van der Waals surface area contributed by atoms with E-state index in [1.165, 1.54) is 48.9 Å². The molecule has 11 rings (SSSR count).